The molecule has 7 nitrogen and oxygen atoms in total. The summed E-state index contributed by atoms with van der Waals surface area (Å²) in [5, 5.41) is 18.3. The van der Waals surface area contributed by atoms with Gasteiger partial charge in [-0.25, -0.2) is 0 Å². The minimum atomic E-state index is -0.851. The molecule has 2 aromatic heterocycles. The molecule has 1 aliphatic carbocycles. The Morgan fingerprint density at radius 2 is 2.00 bits per heavy atom. The van der Waals surface area contributed by atoms with Crippen LogP contribution in [-0.2, 0) is 16.4 Å². The molecule has 3 aromatic rings. The Labute approximate surface area is 183 Å². The van der Waals surface area contributed by atoms with Gasteiger partial charge in [0.1, 0.15) is 11.2 Å². The summed E-state index contributed by atoms with van der Waals surface area (Å²) in [4.78, 5) is 17.4. The van der Waals surface area contributed by atoms with E-state index in [1.54, 1.807) is 6.20 Å². The van der Waals surface area contributed by atoms with E-state index >= 15 is 0 Å². The number of aromatic nitrogens is 3. The van der Waals surface area contributed by atoms with Crippen LogP contribution in [0.25, 0.3) is 22.3 Å². The second-order valence-corrected chi connectivity index (χ2v) is 10.8. The first-order chi connectivity index (χ1) is 14.7. The molecule has 1 saturated carbocycles. The van der Waals surface area contributed by atoms with Crippen LogP contribution >= 0.6 is 0 Å². The molecular weight excluding hydrogens is 412 g/mol. The first-order valence-corrected chi connectivity index (χ1v) is 12.1. The Kier molecular flexibility index (Phi) is 4.57. The highest BCUT2D eigenvalue weighted by Gasteiger charge is 2.42. The molecule has 0 spiro atoms. The molecule has 2 aliphatic rings. The van der Waals surface area contributed by atoms with E-state index in [1.807, 2.05) is 55.8 Å². The Morgan fingerprint density at radius 3 is 2.65 bits per heavy atom. The standard InChI is InChI=1S/C23H26N4O3S/c1-14(2)27-18-10-16(21(28)25-22(3)12-31(30)13-22)11-24-20(18)19(26-27)15-5-4-6-17(9-15)23(29)7-8-23/h4-6,9-11,14,29H,7-8,12-13H2,1-3H3,(H,25,28). The molecule has 2 N–H and O–H groups in total. The molecule has 2 fully saturated rings. The molecule has 8 heteroatoms. The van der Waals surface area contributed by atoms with E-state index < -0.39 is 21.9 Å². The van der Waals surface area contributed by atoms with Crippen LogP contribution in [0.15, 0.2) is 36.5 Å². The zero-order chi connectivity index (χ0) is 22.0. The van der Waals surface area contributed by atoms with E-state index in [1.165, 1.54) is 0 Å². The quantitative estimate of drug-likeness (QED) is 0.638. The lowest BCUT2D eigenvalue weighted by Crippen LogP contribution is -2.61. The van der Waals surface area contributed by atoms with Crippen LogP contribution < -0.4 is 5.32 Å². The number of pyridine rings is 1. The second-order valence-electron chi connectivity index (χ2n) is 9.33. The number of nitrogens with zero attached hydrogens (tertiary/aromatic N) is 3. The molecule has 1 aliphatic heterocycles. The lowest BCUT2D eigenvalue weighted by atomic mass is 10.0. The van der Waals surface area contributed by atoms with E-state index in [0.29, 0.717) is 17.1 Å². The zero-order valence-electron chi connectivity index (χ0n) is 17.9. The van der Waals surface area contributed by atoms with Gasteiger partial charge in [-0.15, -0.1) is 0 Å². The van der Waals surface area contributed by atoms with Crippen molar-refractivity contribution in [2.24, 2.45) is 0 Å². The second kappa shape index (κ2) is 6.97. The van der Waals surface area contributed by atoms with Crippen LogP contribution in [-0.4, -0.2) is 47.0 Å². The van der Waals surface area contributed by atoms with E-state index in [9.17, 15) is 14.1 Å². The normalized spacial score (nSPS) is 24.2. The van der Waals surface area contributed by atoms with Crippen molar-refractivity contribution in [3.8, 4) is 11.3 Å². The van der Waals surface area contributed by atoms with Crippen molar-refractivity contribution in [2.75, 3.05) is 11.5 Å². The number of benzene rings is 1. The molecule has 1 saturated heterocycles. The summed E-state index contributed by atoms with van der Waals surface area (Å²) in [5.74, 6) is 0.737. The molecule has 1 amide bonds. The highest BCUT2D eigenvalue weighted by Crippen LogP contribution is 2.46. The fourth-order valence-electron chi connectivity index (χ4n) is 4.18. The third kappa shape index (κ3) is 3.57. The molecule has 5 rings (SSSR count). The number of aliphatic hydroxyl groups is 1. The van der Waals surface area contributed by atoms with Crippen LogP contribution in [0.1, 0.15) is 55.6 Å². The Bertz CT molecular complexity index is 1220. The first-order valence-electron chi connectivity index (χ1n) is 10.6. The number of fused-ring (bicyclic) bond motifs is 1. The maximum absolute atomic E-state index is 12.8. The van der Waals surface area contributed by atoms with Crippen molar-refractivity contribution < 1.29 is 14.1 Å². The monoisotopic (exact) mass is 438 g/mol. The number of amides is 1. The van der Waals surface area contributed by atoms with Crippen LogP contribution in [0.4, 0.5) is 0 Å². The van der Waals surface area contributed by atoms with Gasteiger partial charge in [0.05, 0.1) is 22.2 Å². The summed E-state index contributed by atoms with van der Waals surface area (Å²) < 4.78 is 13.4. The SMILES string of the molecule is CC(C)n1nc(-c2cccc(C3(O)CC3)c2)c2ncc(C(=O)NC3(C)CS(=O)C3)cc21. The molecule has 0 unspecified atom stereocenters. The predicted molar refractivity (Wildman–Crippen MR) is 120 cm³/mol. The third-order valence-corrected chi connectivity index (χ3v) is 7.99. The van der Waals surface area contributed by atoms with Crippen molar-refractivity contribution in [1.82, 2.24) is 20.1 Å². The summed E-state index contributed by atoms with van der Waals surface area (Å²) in [6, 6.07) is 9.75. The predicted octanol–water partition coefficient (Wildman–Crippen LogP) is 2.91. The van der Waals surface area contributed by atoms with E-state index in [2.05, 4.69) is 10.3 Å². The van der Waals surface area contributed by atoms with Crippen molar-refractivity contribution in [2.45, 2.75) is 50.8 Å². The maximum atomic E-state index is 12.8. The van der Waals surface area contributed by atoms with Gasteiger partial charge in [0.15, 0.2) is 0 Å². The number of hydrogen-bond acceptors (Lipinski definition) is 5. The zero-order valence-corrected chi connectivity index (χ0v) is 18.7. The van der Waals surface area contributed by atoms with Gasteiger partial charge in [0.25, 0.3) is 5.91 Å². The summed E-state index contributed by atoms with van der Waals surface area (Å²) in [6.45, 7) is 5.99. The molecule has 0 radical (unpaired) electrons. The first kappa shape index (κ1) is 20.3. The van der Waals surface area contributed by atoms with Gasteiger partial charge in [-0.2, -0.15) is 5.10 Å². The summed E-state index contributed by atoms with van der Waals surface area (Å²) in [7, 11) is -0.851. The topological polar surface area (TPSA) is 97.1 Å². The summed E-state index contributed by atoms with van der Waals surface area (Å²) in [5.41, 5.74) is 3.37. The van der Waals surface area contributed by atoms with Crippen molar-refractivity contribution in [3.63, 3.8) is 0 Å². The van der Waals surface area contributed by atoms with Gasteiger partial charge in [0.2, 0.25) is 0 Å². The van der Waals surface area contributed by atoms with Crippen molar-refractivity contribution >= 4 is 27.7 Å². The smallest absolute Gasteiger partial charge is 0.253 e. The Morgan fingerprint density at radius 1 is 1.26 bits per heavy atom. The highest BCUT2D eigenvalue weighted by atomic mass is 32.2. The van der Waals surface area contributed by atoms with Crippen molar-refractivity contribution in [1.29, 1.82) is 0 Å². The fraction of sp³-hybridized carbons (Fsp3) is 0.435. The molecular formula is C23H26N4O3S. The maximum Gasteiger partial charge on any atom is 0.253 e. The highest BCUT2D eigenvalue weighted by molar-refractivity contribution is 7.86. The van der Waals surface area contributed by atoms with Crippen LogP contribution in [0, 0.1) is 0 Å². The number of rotatable bonds is 5. The number of hydrogen-bond donors (Lipinski definition) is 2. The number of nitrogens with one attached hydrogen (secondary N) is 1. The number of carbonyl (C=O) groups is 1. The van der Waals surface area contributed by atoms with E-state index in [-0.39, 0.29) is 11.9 Å². The van der Waals surface area contributed by atoms with Gasteiger partial charge in [0, 0.05) is 40.1 Å². The third-order valence-electron chi connectivity index (χ3n) is 6.07. The van der Waals surface area contributed by atoms with Gasteiger partial charge >= 0.3 is 0 Å². The van der Waals surface area contributed by atoms with Crippen LogP contribution in [0.5, 0.6) is 0 Å². The summed E-state index contributed by atoms with van der Waals surface area (Å²) in [6.07, 6.45) is 3.13. The van der Waals surface area contributed by atoms with E-state index in [0.717, 1.165) is 40.7 Å². The van der Waals surface area contributed by atoms with Crippen LogP contribution in [0.3, 0.4) is 0 Å². The molecule has 0 atom stereocenters. The van der Waals surface area contributed by atoms with Gasteiger partial charge in [-0.3, -0.25) is 18.7 Å². The van der Waals surface area contributed by atoms with Gasteiger partial charge in [-0.1, -0.05) is 18.2 Å². The largest absolute Gasteiger partial charge is 0.385 e. The average Bonchev–Trinajstić information content (AvgIpc) is 3.34. The molecule has 3 heterocycles. The van der Waals surface area contributed by atoms with Gasteiger partial charge in [-0.05, 0) is 51.3 Å². The Balaban J connectivity index is 1.54. The van der Waals surface area contributed by atoms with Crippen molar-refractivity contribution in [3.05, 3.63) is 47.7 Å². The Hall–Kier alpha value is -2.58. The number of carbonyl (C=O) groups excluding carboxylic acids is 1. The molecule has 162 valence electrons. The fourth-order valence-corrected chi connectivity index (χ4v) is 5.66. The average molecular weight is 439 g/mol. The minimum Gasteiger partial charge on any atom is -0.385 e. The molecule has 31 heavy (non-hydrogen) atoms. The van der Waals surface area contributed by atoms with Crippen LogP contribution in [0.2, 0.25) is 0 Å². The summed E-state index contributed by atoms with van der Waals surface area (Å²) >= 11 is 0. The lowest BCUT2D eigenvalue weighted by molar-refractivity contribution is 0.0917. The molecule has 0 bridgehead atoms. The lowest BCUT2D eigenvalue weighted by Gasteiger charge is -2.37. The van der Waals surface area contributed by atoms with Gasteiger partial charge < -0.3 is 10.4 Å². The minimum absolute atomic E-state index is 0.0822. The molecule has 1 aromatic carbocycles. The van der Waals surface area contributed by atoms with E-state index in [4.69, 9.17) is 5.10 Å².